The molecule has 2 bridgehead atoms. The van der Waals surface area contributed by atoms with Gasteiger partial charge in [0.15, 0.2) is 12.3 Å². The lowest BCUT2D eigenvalue weighted by atomic mass is 9.65. The molecule has 10 nitrogen and oxygen atoms in total. The highest BCUT2D eigenvalue weighted by Crippen LogP contribution is 2.69. The summed E-state index contributed by atoms with van der Waals surface area (Å²) in [5.74, 6) is 4.92. The quantitative estimate of drug-likeness (QED) is 0.0769. The van der Waals surface area contributed by atoms with E-state index in [2.05, 4.69) is 93.8 Å². The number of fused-ring (bicyclic) bond motifs is 13. The standard InChI is InChI=1S/C52H48N4O6/c1-57-37-15-9-33(10-16-37)41-28-42-43(29-47(41)61-31-54-55-53)50-40(49-48(42)39-6-4-5-7-44(39)51(49)30-32-8-11-35(51)26-32)20-21-52(62-50,34-12-17-38(58-2)18-13-34)36-14-19-46(59-3)45(27-36)56-22-24-60-25-23-56/h4-7,9-10,12-21,27-29,32,35H,8,11,22-26,30-31H2,1-3H3. The second-order valence-electron chi connectivity index (χ2n) is 17.1. The zero-order chi connectivity index (χ0) is 42.0. The van der Waals surface area contributed by atoms with Crippen LogP contribution in [0.5, 0.6) is 28.7 Å². The Bertz CT molecular complexity index is 2810. The molecule has 11 rings (SSSR count). The first-order chi connectivity index (χ1) is 30.5. The number of benzene rings is 6. The molecule has 0 N–H and O–H groups in total. The van der Waals surface area contributed by atoms with E-state index in [-0.39, 0.29) is 12.1 Å². The maximum atomic E-state index is 9.32. The second kappa shape index (κ2) is 15.1. The summed E-state index contributed by atoms with van der Waals surface area (Å²) < 4.78 is 37.3. The molecule has 2 saturated carbocycles. The summed E-state index contributed by atoms with van der Waals surface area (Å²) in [6.45, 7) is 2.64. The molecule has 0 radical (unpaired) electrons. The third-order valence-corrected chi connectivity index (χ3v) is 14.3. The Labute approximate surface area is 361 Å². The molecule has 62 heavy (non-hydrogen) atoms. The number of ether oxygens (including phenoxy) is 6. The van der Waals surface area contributed by atoms with Crippen molar-refractivity contribution in [2.75, 3.05) is 59.3 Å². The summed E-state index contributed by atoms with van der Waals surface area (Å²) in [5.41, 5.74) is 19.4. The fourth-order valence-electron chi connectivity index (χ4n) is 11.6. The minimum absolute atomic E-state index is 0.137. The third kappa shape index (κ3) is 5.77. The first-order valence-corrected chi connectivity index (χ1v) is 21.6. The Kier molecular flexibility index (Phi) is 9.32. The van der Waals surface area contributed by atoms with Gasteiger partial charge in [-0.1, -0.05) is 72.2 Å². The van der Waals surface area contributed by atoms with E-state index < -0.39 is 5.60 Å². The molecule has 3 fully saturated rings. The lowest BCUT2D eigenvalue weighted by Crippen LogP contribution is -2.38. The minimum atomic E-state index is -1.05. The fraction of sp³-hybridized carbons (Fsp3) is 0.308. The Balaban J connectivity index is 1.22. The highest BCUT2D eigenvalue weighted by Gasteiger charge is 2.58. The number of hydrogen-bond acceptors (Lipinski definition) is 8. The van der Waals surface area contributed by atoms with E-state index in [4.69, 9.17) is 28.4 Å². The molecule has 4 atom stereocenters. The average Bonchev–Trinajstić information content (AvgIpc) is 4.04. The molecule has 2 aliphatic heterocycles. The van der Waals surface area contributed by atoms with E-state index in [1.807, 2.05) is 36.4 Å². The molecular weight excluding hydrogens is 777 g/mol. The Morgan fingerprint density at radius 1 is 0.790 bits per heavy atom. The normalized spacial score (nSPS) is 22.7. The fourth-order valence-corrected chi connectivity index (χ4v) is 11.6. The molecule has 2 heterocycles. The van der Waals surface area contributed by atoms with Crippen molar-refractivity contribution in [3.8, 4) is 51.0 Å². The molecular formula is C52H48N4O6. The van der Waals surface area contributed by atoms with E-state index in [0.717, 1.165) is 86.8 Å². The van der Waals surface area contributed by atoms with Gasteiger partial charge in [0.2, 0.25) is 0 Å². The van der Waals surface area contributed by atoms with Crippen molar-refractivity contribution >= 4 is 22.5 Å². The lowest BCUT2D eigenvalue weighted by molar-refractivity contribution is 0.122. The topological polar surface area (TPSA) is 107 Å². The summed E-state index contributed by atoms with van der Waals surface area (Å²) in [6.07, 6.45) is 9.46. The molecule has 5 aliphatic rings. The molecule has 6 aromatic carbocycles. The molecule has 10 heteroatoms. The van der Waals surface area contributed by atoms with Crippen molar-refractivity contribution in [3.63, 3.8) is 0 Å². The van der Waals surface area contributed by atoms with E-state index in [9.17, 15) is 5.53 Å². The van der Waals surface area contributed by atoms with Crippen LogP contribution >= 0.6 is 0 Å². The van der Waals surface area contributed by atoms with E-state index in [0.29, 0.717) is 30.8 Å². The Morgan fingerprint density at radius 3 is 2.26 bits per heavy atom. The van der Waals surface area contributed by atoms with Gasteiger partial charge in [-0.3, -0.25) is 0 Å². The van der Waals surface area contributed by atoms with Crippen LogP contribution in [0.4, 0.5) is 5.69 Å². The van der Waals surface area contributed by atoms with Crippen LogP contribution in [-0.4, -0.2) is 54.4 Å². The lowest BCUT2D eigenvalue weighted by Gasteiger charge is -2.41. The predicted molar refractivity (Wildman–Crippen MR) is 242 cm³/mol. The van der Waals surface area contributed by atoms with Crippen LogP contribution in [0, 0.1) is 11.8 Å². The van der Waals surface area contributed by atoms with Crippen molar-refractivity contribution in [1.82, 2.24) is 0 Å². The van der Waals surface area contributed by atoms with Crippen molar-refractivity contribution in [3.05, 3.63) is 147 Å². The van der Waals surface area contributed by atoms with Gasteiger partial charge >= 0.3 is 0 Å². The highest BCUT2D eigenvalue weighted by atomic mass is 16.5. The number of azide groups is 1. The van der Waals surface area contributed by atoms with Gasteiger partial charge < -0.3 is 33.3 Å². The van der Waals surface area contributed by atoms with Gasteiger partial charge in [-0.15, -0.1) is 0 Å². The number of methoxy groups -OCH3 is 3. The molecule has 0 aromatic heterocycles. The maximum Gasteiger partial charge on any atom is 0.178 e. The number of hydrogen-bond donors (Lipinski definition) is 0. The Hall–Kier alpha value is -6.61. The first kappa shape index (κ1) is 38.3. The highest BCUT2D eigenvalue weighted by molar-refractivity contribution is 6.11. The smallest absolute Gasteiger partial charge is 0.178 e. The molecule has 1 saturated heterocycles. The molecule has 1 spiro atoms. The monoisotopic (exact) mass is 824 g/mol. The van der Waals surface area contributed by atoms with Gasteiger partial charge in [0.25, 0.3) is 0 Å². The number of rotatable bonds is 10. The van der Waals surface area contributed by atoms with Gasteiger partial charge in [-0.2, -0.15) is 0 Å². The predicted octanol–water partition coefficient (Wildman–Crippen LogP) is 11.5. The van der Waals surface area contributed by atoms with Gasteiger partial charge in [-0.05, 0) is 124 Å². The summed E-state index contributed by atoms with van der Waals surface area (Å²) in [5, 5.41) is 5.81. The molecule has 312 valence electrons. The third-order valence-electron chi connectivity index (χ3n) is 14.3. The largest absolute Gasteiger partial charge is 0.497 e. The van der Waals surface area contributed by atoms with Gasteiger partial charge in [-0.25, -0.2) is 0 Å². The zero-order valence-electron chi connectivity index (χ0n) is 35.2. The van der Waals surface area contributed by atoms with Crippen molar-refractivity contribution < 1.29 is 28.4 Å². The maximum absolute atomic E-state index is 9.32. The molecule has 3 aliphatic carbocycles. The van der Waals surface area contributed by atoms with Crippen LogP contribution in [0.1, 0.15) is 53.5 Å². The van der Waals surface area contributed by atoms with Crippen LogP contribution in [0.25, 0.3) is 49.5 Å². The number of anilines is 1. The van der Waals surface area contributed by atoms with Crippen molar-refractivity contribution in [2.24, 2.45) is 17.0 Å². The second-order valence-corrected chi connectivity index (χ2v) is 17.1. The van der Waals surface area contributed by atoms with E-state index in [1.54, 1.807) is 21.3 Å². The number of nitrogens with zero attached hydrogens (tertiary/aromatic N) is 4. The van der Waals surface area contributed by atoms with Gasteiger partial charge in [0.1, 0.15) is 28.7 Å². The van der Waals surface area contributed by atoms with Crippen LogP contribution in [0.2, 0.25) is 0 Å². The van der Waals surface area contributed by atoms with Gasteiger partial charge in [0.05, 0.1) is 40.2 Å². The van der Waals surface area contributed by atoms with Gasteiger partial charge in [0, 0.05) is 51.1 Å². The minimum Gasteiger partial charge on any atom is -0.497 e. The molecule has 6 aromatic rings. The van der Waals surface area contributed by atoms with Crippen molar-refractivity contribution in [2.45, 2.75) is 36.7 Å². The zero-order valence-corrected chi connectivity index (χ0v) is 35.2. The van der Waals surface area contributed by atoms with E-state index in [1.165, 1.54) is 41.5 Å². The Morgan fingerprint density at radius 2 is 1.55 bits per heavy atom. The molecule has 4 unspecified atom stereocenters. The summed E-state index contributed by atoms with van der Waals surface area (Å²) in [6, 6.07) is 36.1. The van der Waals surface area contributed by atoms with Crippen molar-refractivity contribution in [1.29, 1.82) is 0 Å². The van der Waals surface area contributed by atoms with Crippen LogP contribution < -0.4 is 28.6 Å². The summed E-state index contributed by atoms with van der Waals surface area (Å²) >= 11 is 0. The molecule has 0 amide bonds. The number of morpholine rings is 1. The van der Waals surface area contributed by atoms with Crippen LogP contribution in [-0.2, 0) is 15.8 Å². The summed E-state index contributed by atoms with van der Waals surface area (Å²) in [4.78, 5) is 5.35. The first-order valence-electron chi connectivity index (χ1n) is 21.6. The average molecular weight is 825 g/mol. The SMILES string of the molecule is COc1ccc(-c2cc3c4c(c5c(c3cc2OCN=[N+]=[N-])OC(c2ccc(OC)cc2)(c2ccc(OC)c(N3CCOCC3)c2)C=C5)C2(CC3CCC2C3)c2ccccc2-4)cc1. The van der Waals surface area contributed by atoms with E-state index >= 15 is 0 Å². The summed E-state index contributed by atoms with van der Waals surface area (Å²) in [7, 11) is 5.09. The van der Waals surface area contributed by atoms with Crippen LogP contribution in [0.3, 0.4) is 0 Å². The van der Waals surface area contributed by atoms with Crippen LogP contribution in [0.15, 0.2) is 114 Å².